The molecule has 0 amide bonds. The summed E-state index contributed by atoms with van der Waals surface area (Å²) in [6, 6.07) is 7.74. The Morgan fingerprint density at radius 1 is 1.25 bits per heavy atom. The second-order valence-electron chi connectivity index (χ2n) is 5.04. The summed E-state index contributed by atoms with van der Waals surface area (Å²) in [4.78, 5) is 5.24. The van der Waals surface area contributed by atoms with E-state index in [1.807, 2.05) is 0 Å². The van der Waals surface area contributed by atoms with Crippen molar-refractivity contribution in [3.63, 3.8) is 0 Å². The van der Waals surface area contributed by atoms with Crippen LogP contribution in [0.4, 0.5) is 18.9 Å². The molecule has 0 radical (unpaired) electrons. The normalized spacial score (nSPS) is 21.3. The van der Waals surface area contributed by atoms with Gasteiger partial charge in [-0.15, -0.1) is 11.3 Å². The van der Waals surface area contributed by atoms with Gasteiger partial charge in [-0.05, 0) is 46.3 Å². The number of thiophene rings is 1. The van der Waals surface area contributed by atoms with Gasteiger partial charge in [0.2, 0.25) is 0 Å². The molecular weight excluding hydrogens is 452 g/mol. The summed E-state index contributed by atoms with van der Waals surface area (Å²) >= 11 is 16.5. The van der Waals surface area contributed by atoms with Crippen molar-refractivity contribution in [1.82, 2.24) is 0 Å². The van der Waals surface area contributed by atoms with Crippen molar-refractivity contribution < 1.29 is 18.3 Å². The Morgan fingerprint density at radius 2 is 1.96 bits per heavy atom. The number of rotatable bonds is 2. The molecule has 0 spiro atoms. The molecule has 0 saturated carbocycles. The van der Waals surface area contributed by atoms with E-state index in [4.69, 9.17) is 23.2 Å². The van der Waals surface area contributed by atoms with Crippen LogP contribution < -0.4 is 4.90 Å². The highest BCUT2D eigenvalue weighted by atomic mass is 79.9. The van der Waals surface area contributed by atoms with Crippen LogP contribution in [0.1, 0.15) is 4.88 Å². The van der Waals surface area contributed by atoms with E-state index in [0.29, 0.717) is 9.90 Å². The minimum absolute atomic E-state index is 0.0188. The first kappa shape index (κ1) is 18.0. The van der Waals surface area contributed by atoms with Gasteiger partial charge in [-0.1, -0.05) is 23.2 Å². The van der Waals surface area contributed by atoms with E-state index in [1.54, 1.807) is 12.1 Å². The molecule has 0 fully saturated rings. The van der Waals surface area contributed by atoms with Crippen molar-refractivity contribution in [3.05, 3.63) is 49.0 Å². The molecule has 1 aromatic heterocycles. The number of hydrogen-bond acceptors (Lipinski definition) is 4. The molecule has 1 unspecified atom stereocenters. The minimum atomic E-state index is -4.92. The topological polar surface area (TPSA) is 35.8 Å². The summed E-state index contributed by atoms with van der Waals surface area (Å²) in [6.45, 7) is -0.804. The van der Waals surface area contributed by atoms with Crippen LogP contribution in [0.2, 0.25) is 10.0 Å². The maximum Gasteiger partial charge on any atom is 0.440 e. The highest BCUT2D eigenvalue weighted by Gasteiger charge is 2.59. The molecule has 10 heteroatoms. The first-order chi connectivity index (χ1) is 11.1. The van der Waals surface area contributed by atoms with Crippen LogP contribution in [0.25, 0.3) is 0 Å². The zero-order valence-corrected chi connectivity index (χ0v) is 15.5. The number of hydrogen-bond donors (Lipinski definition) is 1. The molecule has 1 aromatic carbocycles. The average Bonchev–Trinajstić information content (AvgIpc) is 3.05. The molecule has 3 nitrogen and oxygen atoms in total. The lowest BCUT2D eigenvalue weighted by Crippen LogP contribution is -2.47. The van der Waals surface area contributed by atoms with E-state index >= 15 is 0 Å². The number of nitrogens with zero attached hydrogens (tertiary/aromatic N) is 2. The number of anilines is 1. The van der Waals surface area contributed by atoms with Crippen LogP contribution in [0.15, 0.2) is 39.1 Å². The van der Waals surface area contributed by atoms with Gasteiger partial charge >= 0.3 is 6.18 Å². The third kappa shape index (κ3) is 3.17. The highest BCUT2D eigenvalue weighted by molar-refractivity contribution is 9.11. The molecule has 1 N–H and O–H groups in total. The second kappa shape index (κ2) is 6.17. The van der Waals surface area contributed by atoms with E-state index in [2.05, 4.69) is 20.9 Å². The summed E-state index contributed by atoms with van der Waals surface area (Å²) in [5, 5.41) is 10.5. The Labute approximate surface area is 157 Å². The lowest BCUT2D eigenvalue weighted by Gasteiger charge is -2.26. The van der Waals surface area contributed by atoms with Crippen molar-refractivity contribution in [3.8, 4) is 0 Å². The predicted octanol–water partition coefficient (Wildman–Crippen LogP) is 5.34. The quantitative estimate of drug-likeness (QED) is 0.658. The van der Waals surface area contributed by atoms with Gasteiger partial charge in [0, 0.05) is 5.02 Å². The smallest absolute Gasteiger partial charge is 0.361 e. The van der Waals surface area contributed by atoms with Gasteiger partial charge in [0.1, 0.15) is 5.84 Å². The summed E-state index contributed by atoms with van der Waals surface area (Å²) in [7, 11) is 0. The molecule has 0 saturated heterocycles. The summed E-state index contributed by atoms with van der Waals surface area (Å²) in [5.74, 6) is -0.0188. The van der Waals surface area contributed by atoms with Crippen LogP contribution in [0.3, 0.4) is 0 Å². The van der Waals surface area contributed by atoms with Gasteiger partial charge in [0.25, 0.3) is 5.72 Å². The van der Waals surface area contributed by atoms with E-state index in [9.17, 15) is 18.3 Å². The third-order valence-electron chi connectivity index (χ3n) is 3.37. The Balaban J connectivity index is 2.14. The molecule has 1 aliphatic rings. The molecular formula is C14H8BrCl2F3N2OS. The van der Waals surface area contributed by atoms with Crippen molar-refractivity contribution in [2.45, 2.75) is 11.9 Å². The van der Waals surface area contributed by atoms with Crippen LogP contribution in [-0.2, 0) is 0 Å². The van der Waals surface area contributed by atoms with E-state index in [1.165, 1.54) is 34.4 Å². The maximum absolute atomic E-state index is 13.3. The van der Waals surface area contributed by atoms with E-state index in [0.717, 1.165) is 3.79 Å². The van der Waals surface area contributed by atoms with Crippen molar-refractivity contribution in [2.75, 3.05) is 11.4 Å². The first-order valence-electron chi connectivity index (χ1n) is 6.48. The molecule has 0 aliphatic carbocycles. The number of aliphatic imine (C=N–C) groups is 1. The number of benzene rings is 1. The zero-order valence-electron chi connectivity index (χ0n) is 11.6. The van der Waals surface area contributed by atoms with Crippen molar-refractivity contribution >= 4 is 62.0 Å². The molecule has 1 atom stereocenters. The van der Waals surface area contributed by atoms with Crippen molar-refractivity contribution in [2.24, 2.45) is 4.99 Å². The Kier molecular flexibility index (Phi) is 4.63. The Bertz CT molecular complexity index is 827. The lowest BCUT2D eigenvalue weighted by atomic mass is 10.2. The Hall–Kier alpha value is -0.800. The number of aliphatic hydroxyl groups is 1. The number of amidine groups is 1. The van der Waals surface area contributed by atoms with E-state index < -0.39 is 18.4 Å². The Morgan fingerprint density at radius 3 is 2.54 bits per heavy atom. The fourth-order valence-corrected chi connectivity index (χ4v) is 4.00. The van der Waals surface area contributed by atoms with Crippen LogP contribution in [0.5, 0.6) is 0 Å². The molecule has 128 valence electrons. The molecule has 24 heavy (non-hydrogen) atoms. The number of β-amino-alcohol motifs (C(OH)–C–C–N with tert-alkyl or cyclic N) is 1. The van der Waals surface area contributed by atoms with Gasteiger partial charge in [0.15, 0.2) is 0 Å². The van der Waals surface area contributed by atoms with Gasteiger partial charge in [-0.2, -0.15) is 13.2 Å². The van der Waals surface area contributed by atoms with Crippen LogP contribution in [-0.4, -0.2) is 29.4 Å². The molecule has 1 aliphatic heterocycles. The fraction of sp³-hybridized carbons (Fsp3) is 0.214. The third-order valence-corrected chi connectivity index (χ3v) is 5.55. The van der Waals surface area contributed by atoms with Gasteiger partial charge in [-0.25, -0.2) is 4.99 Å². The van der Waals surface area contributed by atoms with E-state index in [-0.39, 0.29) is 16.5 Å². The molecule has 0 bridgehead atoms. The first-order valence-corrected chi connectivity index (χ1v) is 8.84. The second-order valence-corrected chi connectivity index (χ2v) is 8.34. The monoisotopic (exact) mass is 458 g/mol. The standard InChI is InChI=1S/C14H8BrCl2F3N2OS/c15-11-4-3-10(24-11)12-21-13(23,14(18,19)20)6-22(12)9-5-7(16)1-2-8(9)17/h1-5,23H,6H2. The number of halogens is 6. The van der Waals surface area contributed by atoms with Crippen molar-refractivity contribution in [1.29, 1.82) is 0 Å². The SMILES string of the molecule is OC1(C(F)(F)F)CN(c2cc(Cl)ccc2Cl)C(c2ccc(Br)s2)=N1. The van der Waals surface area contributed by atoms with Crippen LogP contribution in [0, 0.1) is 0 Å². The van der Waals surface area contributed by atoms with Gasteiger partial charge < -0.3 is 10.0 Å². The predicted molar refractivity (Wildman–Crippen MR) is 93.4 cm³/mol. The maximum atomic E-state index is 13.3. The van der Waals surface area contributed by atoms with Gasteiger partial charge in [0.05, 0.1) is 25.9 Å². The highest BCUT2D eigenvalue weighted by Crippen LogP contribution is 2.42. The van der Waals surface area contributed by atoms with Gasteiger partial charge in [-0.3, -0.25) is 0 Å². The summed E-state index contributed by atoms with van der Waals surface area (Å²) in [5.41, 5.74) is -2.97. The molecule has 3 rings (SSSR count). The van der Waals surface area contributed by atoms with Crippen LogP contribution >= 0.6 is 50.5 Å². The molecule has 2 heterocycles. The summed E-state index contributed by atoms with van der Waals surface area (Å²) < 4.78 is 40.5. The fourth-order valence-electron chi connectivity index (χ4n) is 2.23. The largest absolute Gasteiger partial charge is 0.440 e. The summed E-state index contributed by atoms with van der Waals surface area (Å²) in [6.07, 6.45) is -4.92. The lowest BCUT2D eigenvalue weighted by molar-refractivity contribution is -0.249. The number of alkyl halides is 3. The minimum Gasteiger partial charge on any atom is -0.361 e. The average molecular weight is 460 g/mol. The zero-order chi connectivity index (χ0) is 17.7. The molecule has 2 aromatic rings.